The van der Waals surface area contributed by atoms with E-state index in [-0.39, 0.29) is 36.0 Å². The van der Waals surface area contributed by atoms with Gasteiger partial charge in [-0.2, -0.15) is 18.2 Å². The Morgan fingerprint density at radius 1 is 1.00 bits per heavy atom. The van der Waals surface area contributed by atoms with E-state index in [0.717, 1.165) is 12.1 Å². The molecule has 1 heterocycles. The van der Waals surface area contributed by atoms with Crippen LogP contribution in [0.1, 0.15) is 19.4 Å². The number of para-hydroxylation sites is 1. The second-order valence-corrected chi connectivity index (χ2v) is 8.07. The van der Waals surface area contributed by atoms with Gasteiger partial charge in [0.15, 0.2) is 12.4 Å². The predicted octanol–water partition coefficient (Wildman–Crippen LogP) is 5.76. The molecule has 0 saturated carbocycles. The fourth-order valence-electron chi connectivity index (χ4n) is 3.30. The van der Waals surface area contributed by atoms with E-state index in [9.17, 15) is 18.0 Å². The first-order valence-corrected chi connectivity index (χ1v) is 11.1. The largest absolute Gasteiger partial charge is 0.484 e. The lowest BCUT2D eigenvalue weighted by Gasteiger charge is -2.11. The fraction of sp³-hybridized carbons (Fsp3) is 0.192. The highest BCUT2D eigenvalue weighted by molar-refractivity contribution is 5.92. The van der Waals surface area contributed by atoms with Gasteiger partial charge in [-0.3, -0.25) is 4.79 Å². The Hall–Kier alpha value is -4.34. The van der Waals surface area contributed by atoms with Crippen LogP contribution in [-0.2, 0) is 11.0 Å². The minimum atomic E-state index is -4.50. The number of ether oxygens (including phenoxy) is 2. The third-order valence-corrected chi connectivity index (χ3v) is 4.89. The maximum Gasteiger partial charge on any atom is 0.416 e. The minimum absolute atomic E-state index is 0.0350. The van der Waals surface area contributed by atoms with Crippen molar-refractivity contribution in [1.29, 1.82) is 0 Å². The lowest BCUT2D eigenvalue weighted by molar-refractivity contribution is -0.137. The van der Waals surface area contributed by atoms with Crippen molar-refractivity contribution in [2.24, 2.45) is 0 Å². The number of hydrogen-bond acceptors (Lipinski definition) is 5. The molecule has 0 radical (unpaired) electrons. The zero-order valence-corrected chi connectivity index (χ0v) is 19.5. The molecule has 0 fully saturated rings. The van der Waals surface area contributed by atoms with Crippen molar-refractivity contribution >= 4 is 11.6 Å². The number of aromatic nitrogens is 3. The van der Waals surface area contributed by atoms with Gasteiger partial charge in [-0.15, -0.1) is 5.10 Å². The standard InChI is InChI=1S/C26H23F3N4O3/c1-17(2)36-25-31-24(18-7-6-8-19(15-18)26(27,28)29)33(32-25)21-13-11-20(12-14-21)30-23(34)16-35-22-9-4-3-5-10-22/h3-15,17H,16H2,1-2H3,(H,30,34). The van der Waals surface area contributed by atoms with Crippen molar-refractivity contribution in [1.82, 2.24) is 14.8 Å². The number of nitrogens with one attached hydrogen (secondary N) is 1. The van der Waals surface area contributed by atoms with Gasteiger partial charge >= 0.3 is 12.2 Å². The van der Waals surface area contributed by atoms with Crippen LogP contribution in [0.5, 0.6) is 11.8 Å². The first-order valence-electron chi connectivity index (χ1n) is 11.1. The summed E-state index contributed by atoms with van der Waals surface area (Å²) in [6.07, 6.45) is -4.73. The van der Waals surface area contributed by atoms with Crippen LogP contribution >= 0.6 is 0 Å². The summed E-state index contributed by atoms with van der Waals surface area (Å²) in [4.78, 5) is 16.5. The fourth-order valence-corrected chi connectivity index (χ4v) is 3.30. The van der Waals surface area contributed by atoms with Gasteiger partial charge in [0.1, 0.15) is 5.75 Å². The zero-order chi connectivity index (χ0) is 25.7. The molecule has 0 spiro atoms. The van der Waals surface area contributed by atoms with Crippen molar-refractivity contribution in [3.8, 4) is 28.8 Å². The van der Waals surface area contributed by atoms with Crippen LogP contribution in [0.4, 0.5) is 18.9 Å². The number of carbonyl (C=O) groups excluding carboxylic acids is 1. The summed E-state index contributed by atoms with van der Waals surface area (Å²) in [5, 5.41) is 7.07. The molecule has 4 aromatic rings. The quantitative estimate of drug-likeness (QED) is 0.336. The number of anilines is 1. The number of halogens is 3. The predicted molar refractivity (Wildman–Crippen MR) is 128 cm³/mol. The molecular formula is C26H23F3N4O3. The molecule has 4 rings (SSSR count). The average Bonchev–Trinajstić information content (AvgIpc) is 3.26. The summed E-state index contributed by atoms with van der Waals surface area (Å²) in [5.74, 6) is 0.421. The monoisotopic (exact) mass is 496 g/mol. The summed E-state index contributed by atoms with van der Waals surface area (Å²) >= 11 is 0. The number of carbonyl (C=O) groups is 1. The summed E-state index contributed by atoms with van der Waals surface area (Å²) in [7, 11) is 0. The van der Waals surface area contributed by atoms with Gasteiger partial charge in [-0.05, 0) is 62.4 Å². The van der Waals surface area contributed by atoms with Gasteiger partial charge in [0, 0.05) is 11.3 Å². The van der Waals surface area contributed by atoms with E-state index < -0.39 is 11.7 Å². The molecule has 0 aliphatic rings. The maximum absolute atomic E-state index is 13.3. The highest BCUT2D eigenvalue weighted by Crippen LogP contribution is 2.33. The van der Waals surface area contributed by atoms with Crippen LogP contribution in [0.25, 0.3) is 17.1 Å². The highest BCUT2D eigenvalue weighted by Gasteiger charge is 2.31. The minimum Gasteiger partial charge on any atom is -0.484 e. The highest BCUT2D eigenvalue weighted by atomic mass is 19.4. The van der Waals surface area contributed by atoms with Crippen LogP contribution in [0.2, 0.25) is 0 Å². The molecular weight excluding hydrogens is 473 g/mol. The van der Waals surface area contributed by atoms with Gasteiger partial charge in [-0.1, -0.05) is 30.3 Å². The van der Waals surface area contributed by atoms with Crippen molar-refractivity contribution < 1.29 is 27.4 Å². The Morgan fingerprint density at radius 3 is 2.39 bits per heavy atom. The molecule has 3 aromatic carbocycles. The van der Waals surface area contributed by atoms with Crippen LogP contribution in [0.15, 0.2) is 78.9 Å². The summed E-state index contributed by atoms with van der Waals surface area (Å²) in [5.41, 5.74) is 0.467. The summed E-state index contributed by atoms with van der Waals surface area (Å²) in [6, 6.07) is 20.5. The lowest BCUT2D eigenvalue weighted by atomic mass is 10.1. The first-order chi connectivity index (χ1) is 17.2. The van der Waals surface area contributed by atoms with Gasteiger partial charge in [0.25, 0.3) is 5.91 Å². The van der Waals surface area contributed by atoms with Gasteiger partial charge < -0.3 is 14.8 Å². The number of benzene rings is 3. The molecule has 0 unspecified atom stereocenters. The molecule has 10 heteroatoms. The van der Waals surface area contributed by atoms with Crippen molar-refractivity contribution in [3.63, 3.8) is 0 Å². The SMILES string of the molecule is CC(C)Oc1nc(-c2cccc(C(F)(F)F)c2)n(-c2ccc(NC(=O)COc3ccccc3)cc2)n1. The molecule has 0 bridgehead atoms. The van der Waals surface area contributed by atoms with E-state index in [1.165, 1.54) is 16.8 Å². The smallest absolute Gasteiger partial charge is 0.416 e. The molecule has 186 valence electrons. The Balaban J connectivity index is 1.56. The Bertz CT molecular complexity index is 1320. The second kappa shape index (κ2) is 10.5. The molecule has 7 nitrogen and oxygen atoms in total. The third-order valence-electron chi connectivity index (χ3n) is 4.89. The Labute approximate surface area is 205 Å². The van der Waals surface area contributed by atoms with Crippen LogP contribution < -0.4 is 14.8 Å². The summed E-state index contributed by atoms with van der Waals surface area (Å²) < 4.78 is 52.2. The number of alkyl halides is 3. The number of nitrogens with zero attached hydrogens (tertiary/aromatic N) is 3. The molecule has 1 N–H and O–H groups in total. The molecule has 36 heavy (non-hydrogen) atoms. The van der Waals surface area contributed by atoms with E-state index in [1.54, 1.807) is 62.4 Å². The van der Waals surface area contributed by atoms with Gasteiger partial charge in [0.2, 0.25) is 0 Å². The average molecular weight is 496 g/mol. The van der Waals surface area contributed by atoms with Crippen LogP contribution in [0, 0.1) is 0 Å². The van der Waals surface area contributed by atoms with Crippen molar-refractivity contribution in [3.05, 3.63) is 84.4 Å². The van der Waals surface area contributed by atoms with E-state index in [2.05, 4.69) is 15.4 Å². The summed E-state index contributed by atoms with van der Waals surface area (Å²) in [6.45, 7) is 3.43. The lowest BCUT2D eigenvalue weighted by Crippen LogP contribution is -2.20. The van der Waals surface area contributed by atoms with E-state index in [4.69, 9.17) is 9.47 Å². The first kappa shape index (κ1) is 24.8. The number of rotatable bonds is 8. The maximum atomic E-state index is 13.3. The van der Waals surface area contributed by atoms with E-state index in [0.29, 0.717) is 17.1 Å². The zero-order valence-electron chi connectivity index (χ0n) is 19.5. The number of hydrogen-bond donors (Lipinski definition) is 1. The van der Waals surface area contributed by atoms with Crippen LogP contribution in [0.3, 0.4) is 0 Å². The molecule has 0 atom stereocenters. The second-order valence-electron chi connectivity index (χ2n) is 8.07. The number of amides is 1. The van der Waals surface area contributed by atoms with Crippen molar-refractivity contribution in [2.45, 2.75) is 26.1 Å². The van der Waals surface area contributed by atoms with Gasteiger partial charge in [0.05, 0.1) is 17.4 Å². The topological polar surface area (TPSA) is 78.3 Å². The van der Waals surface area contributed by atoms with E-state index >= 15 is 0 Å². The normalized spacial score (nSPS) is 11.4. The molecule has 1 amide bonds. The molecule has 0 aliphatic carbocycles. The van der Waals surface area contributed by atoms with E-state index in [1.807, 2.05) is 6.07 Å². The van der Waals surface area contributed by atoms with Gasteiger partial charge in [-0.25, -0.2) is 4.68 Å². The van der Waals surface area contributed by atoms with Crippen molar-refractivity contribution in [2.75, 3.05) is 11.9 Å². The molecule has 0 saturated heterocycles. The van der Waals surface area contributed by atoms with Crippen LogP contribution in [-0.4, -0.2) is 33.4 Å². The Morgan fingerprint density at radius 2 is 1.72 bits per heavy atom. The Kier molecular flexibility index (Phi) is 7.23. The third kappa shape index (κ3) is 6.21. The molecule has 0 aliphatic heterocycles. The molecule has 1 aromatic heterocycles.